The van der Waals surface area contributed by atoms with Gasteiger partial charge in [-0.05, 0) is 143 Å². The zero-order valence-electron chi connectivity index (χ0n) is 38.9. The highest BCUT2D eigenvalue weighted by atomic mass is 35.5. The van der Waals surface area contributed by atoms with E-state index < -0.39 is 47.3 Å². The third kappa shape index (κ3) is 15.8. The second-order valence-corrected chi connectivity index (χ2v) is 17.3. The number of aryl methyl sites for hydroxylation is 3. The molecule has 0 bridgehead atoms. The highest BCUT2D eigenvalue weighted by Crippen LogP contribution is 2.32. The molecule has 372 valence electrons. The van der Waals surface area contributed by atoms with E-state index in [1.165, 1.54) is 68.4 Å². The number of alkyl halides is 3. The van der Waals surface area contributed by atoms with Crippen LogP contribution in [-0.2, 0) is 38.4 Å². The van der Waals surface area contributed by atoms with Crippen LogP contribution in [0.4, 0.5) is 34.1 Å². The van der Waals surface area contributed by atoms with Gasteiger partial charge in [0.25, 0.3) is 23.6 Å². The molecule has 5 aromatic carbocycles. The van der Waals surface area contributed by atoms with E-state index in [0.29, 0.717) is 66.3 Å². The van der Waals surface area contributed by atoms with Gasteiger partial charge in [0.15, 0.2) is 11.6 Å². The van der Waals surface area contributed by atoms with E-state index in [1.807, 2.05) is 26.0 Å². The van der Waals surface area contributed by atoms with Crippen molar-refractivity contribution >= 4 is 127 Å². The highest BCUT2D eigenvalue weighted by Gasteiger charge is 2.26. The second-order valence-electron chi connectivity index (χ2n) is 15.4. The zero-order valence-corrected chi connectivity index (χ0v) is 42.7. The van der Waals surface area contributed by atoms with Gasteiger partial charge in [-0.25, -0.2) is 0 Å². The van der Waals surface area contributed by atoms with Crippen LogP contribution in [0.5, 0.6) is 11.5 Å². The SMILES string of the molecule is CCOc1cc(CCCl)ccc1NC(=O)c1cc(N=NC(C(C)=O)C(=O)Nc2ccc(NC(=O)C(N=Nc3ccc(Cl)c(C(=O)Nc4ccc(CCCl)cc4OCC)c3)C(C)=O)c(CCCl)c2)ccc1Cl. The van der Waals surface area contributed by atoms with Crippen molar-refractivity contribution < 1.29 is 38.2 Å². The van der Waals surface area contributed by atoms with Gasteiger partial charge in [0.2, 0.25) is 12.1 Å². The van der Waals surface area contributed by atoms with Crippen LogP contribution in [0.1, 0.15) is 65.1 Å². The molecular weight excluding hydrogens is 1020 g/mol. The molecule has 21 heteroatoms. The number of anilines is 4. The number of azo groups is 2. The van der Waals surface area contributed by atoms with Crippen molar-refractivity contribution in [3.8, 4) is 11.5 Å². The van der Waals surface area contributed by atoms with E-state index in [1.54, 1.807) is 24.3 Å². The maximum Gasteiger partial charge on any atom is 0.258 e. The first kappa shape index (κ1) is 55.5. The summed E-state index contributed by atoms with van der Waals surface area (Å²) in [6, 6.07) is 20.4. The Labute approximate surface area is 435 Å². The lowest BCUT2D eigenvalue weighted by Gasteiger charge is -2.16. The molecule has 0 spiro atoms. The van der Waals surface area contributed by atoms with Crippen LogP contribution in [0.25, 0.3) is 0 Å². The molecule has 0 fully saturated rings. The summed E-state index contributed by atoms with van der Waals surface area (Å²) in [6.45, 7) is 6.69. The Kier molecular flexibility index (Phi) is 21.3. The maximum absolute atomic E-state index is 13.6. The molecule has 0 aliphatic rings. The van der Waals surface area contributed by atoms with Gasteiger partial charge < -0.3 is 30.7 Å². The van der Waals surface area contributed by atoms with Gasteiger partial charge in [-0.15, -0.1) is 34.8 Å². The van der Waals surface area contributed by atoms with E-state index in [-0.39, 0.29) is 56.2 Å². The number of carbonyl (C=O) groups is 6. The van der Waals surface area contributed by atoms with Crippen LogP contribution in [0, 0.1) is 0 Å². The number of hydrogen-bond acceptors (Lipinski definition) is 12. The third-order valence-electron chi connectivity index (χ3n) is 10.2. The quantitative estimate of drug-likeness (QED) is 0.0264. The molecule has 0 radical (unpaired) electrons. The van der Waals surface area contributed by atoms with E-state index in [2.05, 4.69) is 41.7 Å². The summed E-state index contributed by atoms with van der Waals surface area (Å²) in [5.41, 5.74) is 3.98. The standard InChI is InChI=1S/C50H49Cl5N8O8/c1-5-70-43-23-30(17-20-51)7-14-41(43)58-47(66)36-26-34(9-12-38(36)54)60-62-45(28(3)64)49(68)56-33-11-16-40(32(25-33)19-22-53)57-50(69)46(29(4)65)63-61-35-10-13-39(55)37(27-35)48(67)59-42-15-8-31(18-21-52)24-44(42)71-6-2/h7-16,23-27,45-46H,5-6,17-22H2,1-4H3,(H,56,68)(H,57,69)(H,58,66)(H,59,67). The molecule has 0 aromatic heterocycles. The van der Waals surface area contributed by atoms with Crippen molar-refractivity contribution in [2.75, 3.05) is 52.1 Å². The van der Waals surface area contributed by atoms with Gasteiger partial charge in [-0.3, -0.25) is 28.8 Å². The van der Waals surface area contributed by atoms with Crippen LogP contribution in [-0.4, -0.2) is 78.1 Å². The van der Waals surface area contributed by atoms with Crippen molar-refractivity contribution in [2.45, 2.75) is 59.0 Å². The monoisotopic (exact) mass is 1060 g/mol. The highest BCUT2D eigenvalue weighted by molar-refractivity contribution is 6.35. The van der Waals surface area contributed by atoms with Gasteiger partial charge in [-0.2, -0.15) is 20.5 Å². The fraction of sp³-hybridized carbons (Fsp3) is 0.280. The fourth-order valence-corrected chi connectivity index (χ4v) is 7.74. The number of nitrogens with one attached hydrogen (secondary N) is 4. The predicted molar refractivity (Wildman–Crippen MR) is 279 cm³/mol. The number of ketones is 2. The molecule has 4 amide bonds. The van der Waals surface area contributed by atoms with Gasteiger partial charge in [0, 0.05) is 29.0 Å². The number of carbonyl (C=O) groups excluding carboxylic acids is 6. The molecule has 0 aliphatic carbocycles. The van der Waals surface area contributed by atoms with Crippen molar-refractivity contribution in [3.63, 3.8) is 0 Å². The summed E-state index contributed by atoms with van der Waals surface area (Å²) >= 11 is 30.7. The molecule has 0 saturated carbocycles. The molecule has 4 N–H and O–H groups in total. The molecule has 2 unspecified atom stereocenters. The number of hydrogen-bond donors (Lipinski definition) is 4. The minimum absolute atomic E-state index is 0.0469. The lowest BCUT2D eigenvalue weighted by Crippen LogP contribution is -2.32. The van der Waals surface area contributed by atoms with Crippen LogP contribution < -0.4 is 30.7 Å². The van der Waals surface area contributed by atoms with E-state index in [9.17, 15) is 28.8 Å². The summed E-state index contributed by atoms with van der Waals surface area (Å²) in [4.78, 5) is 79.3. The second kappa shape index (κ2) is 27.2. The maximum atomic E-state index is 13.6. The molecular formula is C50H49Cl5N8O8. The molecule has 0 heterocycles. The molecule has 71 heavy (non-hydrogen) atoms. The number of rotatable bonds is 24. The van der Waals surface area contributed by atoms with Crippen molar-refractivity contribution in [3.05, 3.63) is 129 Å². The summed E-state index contributed by atoms with van der Waals surface area (Å²) in [7, 11) is 0. The van der Waals surface area contributed by atoms with Crippen molar-refractivity contribution in [1.82, 2.24) is 0 Å². The van der Waals surface area contributed by atoms with E-state index in [0.717, 1.165) is 11.1 Å². The minimum Gasteiger partial charge on any atom is -0.492 e. The summed E-state index contributed by atoms with van der Waals surface area (Å²) in [5.74, 6) is -2.21. The molecule has 5 aromatic rings. The Hall–Kier alpha value is -6.43. The van der Waals surface area contributed by atoms with E-state index in [4.69, 9.17) is 67.5 Å². The Bertz CT molecular complexity index is 2850. The van der Waals surface area contributed by atoms with Gasteiger partial charge >= 0.3 is 0 Å². The lowest BCUT2D eigenvalue weighted by atomic mass is 10.1. The predicted octanol–water partition coefficient (Wildman–Crippen LogP) is 12.0. The minimum atomic E-state index is -1.61. The molecule has 5 rings (SSSR count). The Morgan fingerprint density at radius 3 is 1.38 bits per heavy atom. The summed E-state index contributed by atoms with van der Waals surface area (Å²) < 4.78 is 11.5. The van der Waals surface area contributed by atoms with E-state index >= 15 is 0 Å². The van der Waals surface area contributed by atoms with Gasteiger partial charge in [0.1, 0.15) is 11.5 Å². The average molecular weight is 1070 g/mol. The van der Waals surface area contributed by atoms with Crippen LogP contribution in [0.3, 0.4) is 0 Å². The topological polar surface area (TPSA) is 218 Å². The summed E-state index contributed by atoms with van der Waals surface area (Å²) in [5, 5.41) is 27.4. The largest absolute Gasteiger partial charge is 0.492 e. The molecule has 0 saturated heterocycles. The first-order chi connectivity index (χ1) is 34.1. The first-order valence-corrected chi connectivity index (χ1v) is 24.4. The molecule has 0 aliphatic heterocycles. The van der Waals surface area contributed by atoms with Crippen molar-refractivity contribution in [1.29, 1.82) is 0 Å². The average Bonchev–Trinajstić information content (AvgIpc) is 3.32. The van der Waals surface area contributed by atoms with Crippen LogP contribution in [0.2, 0.25) is 10.0 Å². The smallest absolute Gasteiger partial charge is 0.258 e. The van der Waals surface area contributed by atoms with Crippen LogP contribution in [0.15, 0.2) is 111 Å². The number of ether oxygens (including phenoxy) is 2. The number of halogens is 5. The first-order valence-electron chi connectivity index (χ1n) is 22.1. The molecule has 2 atom stereocenters. The third-order valence-corrected chi connectivity index (χ3v) is 11.4. The Balaban J connectivity index is 1.27. The normalized spacial score (nSPS) is 12.0. The van der Waals surface area contributed by atoms with Gasteiger partial charge in [-0.1, -0.05) is 35.3 Å². The zero-order chi connectivity index (χ0) is 51.6. The van der Waals surface area contributed by atoms with Crippen molar-refractivity contribution in [2.24, 2.45) is 20.5 Å². The fourth-order valence-electron chi connectivity index (χ4n) is 6.70. The van der Waals surface area contributed by atoms with Gasteiger partial charge in [0.05, 0.1) is 57.1 Å². The molecule has 16 nitrogen and oxygen atoms in total. The number of amides is 4. The Morgan fingerprint density at radius 1 is 0.521 bits per heavy atom. The van der Waals surface area contributed by atoms with Crippen LogP contribution >= 0.6 is 58.0 Å². The number of Topliss-reactive ketones (excluding diaryl/α,β-unsaturated/α-hetero) is 2. The summed E-state index contributed by atoms with van der Waals surface area (Å²) in [6.07, 6.45) is 1.43. The Morgan fingerprint density at radius 2 is 0.958 bits per heavy atom. The number of benzene rings is 5. The number of nitrogens with zero attached hydrogens (tertiary/aromatic N) is 4. The lowest BCUT2D eigenvalue weighted by molar-refractivity contribution is -0.127.